The van der Waals surface area contributed by atoms with Crippen molar-refractivity contribution in [3.63, 3.8) is 0 Å². The predicted molar refractivity (Wildman–Crippen MR) is 68.5 cm³/mol. The van der Waals surface area contributed by atoms with Crippen LogP contribution >= 0.6 is 0 Å². The maximum Gasteiger partial charge on any atom is 0.318 e. The van der Waals surface area contributed by atoms with Crippen molar-refractivity contribution in [2.75, 3.05) is 6.61 Å². The standard InChI is InChI=1S/C14H14F2N2O3/c1-3-20-14(19)8(2)13-17-12(18-21-13)6-9-4-5-10(15)7-11(9)16/h4-5,7-8H,3,6H2,1-2H3. The lowest BCUT2D eigenvalue weighted by atomic mass is 10.1. The Morgan fingerprint density at radius 1 is 1.43 bits per heavy atom. The third-order valence-electron chi connectivity index (χ3n) is 2.86. The molecule has 0 amide bonds. The SMILES string of the molecule is CCOC(=O)C(C)c1nc(Cc2ccc(F)cc2F)no1. The lowest BCUT2D eigenvalue weighted by molar-refractivity contribution is -0.145. The van der Waals surface area contributed by atoms with E-state index in [2.05, 4.69) is 10.1 Å². The molecule has 0 spiro atoms. The van der Waals surface area contributed by atoms with Gasteiger partial charge in [-0.25, -0.2) is 8.78 Å². The number of carbonyl (C=O) groups is 1. The lowest BCUT2D eigenvalue weighted by Crippen LogP contribution is -2.13. The van der Waals surface area contributed by atoms with Gasteiger partial charge in [-0.1, -0.05) is 11.2 Å². The van der Waals surface area contributed by atoms with Crippen LogP contribution in [0.1, 0.15) is 37.0 Å². The zero-order valence-corrected chi connectivity index (χ0v) is 11.6. The van der Waals surface area contributed by atoms with Crippen molar-refractivity contribution in [2.45, 2.75) is 26.2 Å². The van der Waals surface area contributed by atoms with Crippen molar-refractivity contribution in [1.29, 1.82) is 0 Å². The molecular weight excluding hydrogens is 282 g/mol. The second-order valence-electron chi connectivity index (χ2n) is 4.44. The number of hydrogen-bond donors (Lipinski definition) is 0. The molecular formula is C14H14F2N2O3. The molecule has 112 valence electrons. The minimum Gasteiger partial charge on any atom is -0.465 e. The highest BCUT2D eigenvalue weighted by Gasteiger charge is 2.23. The number of hydrogen-bond acceptors (Lipinski definition) is 5. The van der Waals surface area contributed by atoms with E-state index in [1.165, 1.54) is 6.07 Å². The molecule has 1 aromatic carbocycles. The Balaban J connectivity index is 2.11. The van der Waals surface area contributed by atoms with E-state index >= 15 is 0 Å². The number of aromatic nitrogens is 2. The molecule has 0 aliphatic heterocycles. The molecule has 0 N–H and O–H groups in total. The van der Waals surface area contributed by atoms with Gasteiger partial charge >= 0.3 is 5.97 Å². The van der Waals surface area contributed by atoms with Gasteiger partial charge in [0.2, 0.25) is 5.89 Å². The van der Waals surface area contributed by atoms with Gasteiger partial charge in [0.15, 0.2) is 5.82 Å². The molecule has 0 saturated carbocycles. The molecule has 0 saturated heterocycles. The van der Waals surface area contributed by atoms with E-state index < -0.39 is 23.5 Å². The monoisotopic (exact) mass is 296 g/mol. The van der Waals surface area contributed by atoms with Crippen LogP contribution in [-0.2, 0) is 16.0 Å². The van der Waals surface area contributed by atoms with Gasteiger partial charge in [-0.2, -0.15) is 4.98 Å². The Labute approximate surface area is 119 Å². The molecule has 0 radical (unpaired) electrons. The van der Waals surface area contributed by atoms with E-state index in [0.29, 0.717) is 0 Å². The molecule has 1 heterocycles. The molecule has 1 unspecified atom stereocenters. The van der Waals surface area contributed by atoms with Crippen molar-refractivity contribution >= 4 is 5.97 Å². The molecule has 2 rings (SSSR count). The number of rotatable bonds is 5. The number of carbonyl (C=O) groups excluding carboxylic acids is 1. The molecule has 21 heavy (non-hydrogen) atoms. The number of benzene rings is 1. The fourth-order valence-electron chi connectivity index (χ4n) is 1.72. The summed E-state index contributed by atoms with van der Waals surface area (Å²) in [5.74, 6) is -2.18. The van der Waals surface area contributed by atoms with Gasteiger partial charge < -0.3 is 9.26 Å². The third-order valence-corrected chi connectivity index (χ3v) is 2.86. The maximum atomic E-state index is 13.5. The molecule has 7 heteroatoms. The summed E-state index contributed by atoms with van der Waals surface area (Å²) >= 11 is 0. The Bertz CT molecular complexity index is 643. The van der Waals surface area contributed by atoms with Crippen LogP contribution in [-0.4, -0.2) is 22.7 Å². The van der Waals surface area contributed by atoms with Gasteiger partial charge in [0, 0.05) is 12.5 Å². The molecule has 0 aliphatic carbocycles. The predicted octanol–water partition coefficient (Wildman–Crippen LogP) is 2.61. The summed E-state index contributed by atoms with van der Waals surface area (Å²) in [6.07, 6.45) is 0.0468. The van der Waals surface area contributed by atoms with Crippen LogP contribution in [0.25, 0.3) is 0 Å². The summed E-state index contributed by atoms with van der Waals surface area (Å²) in [6.45, 7) is 3.53. The normalized spacial score (nSPS) is 12.2. The first-order chi connectivity index (χ1) is 10.0. The average molecular weight is 296 g/mol. The molecule has 5 nitrogen and oxygen atoms in total. The quantitative estimate of drug-likeness (QED) is 0.793. The molecule has 0 bridgehead atoms. The number of nitrogens with zero attached hydrogens (tertiary/aromatic N) is 2. The first kappa shape index (κ1) is 15.1. The number of halogens is 2. The summed E-state index contributed by atoms with van der Waals surface area (Å²) in [6, 6.07) is 3.26. The largest absolute Gasteiger partial charge is 0.465 e. The second-order valence-corrected chi connectivity index (χ2v) is 4.44. The van der Waals surface area contributed by atoms with Crippen LogP contribution in [0.4, 0.5) is 8.78 Å². The number of ether oxygens (including phenoxy) is 1. The van der Waals surface area contributed by atoms with Gasteiger partial charge in [-0.3, -0.25) is 4.79 Å². The van der Waals surface area contributed by atoms with Crippen LogP contribution in [0.3, 0.4) is 0 Å². The Morgan fingerprint density at radius 2 is 2.19 bits per heavy atom. The highest BCUT2D eigenvalue weighted by atomic mass is 19.1. The smallest absolute Gasteiger partial charge is 0.318 e. The zero-order chi connectivity index (χ0) is 15.4. The first-order valence-electron chi connectivity index (χ1n) is 6.44. The molecule has 1 aromatic heterocycles. The first-order valence-corrected chi connectivity index (χ1v) is 6.44. The van der Waals surface area contributed by atoms with Crippen molar-refractivity contribution in [3.05, 3.63) is 47.1 Å². The van der Waals surface area contributed by atoms with E-state index in [4.69, 9.17) is 9.26 Å². The minimum atomic E-state index is -0.690. The Hall–Kier alpha value is -2.31. The highest BCUT2D eigenvalue weighted by molar-refractivity contribution is 5.76. The fraction of sp³-hybridized carbons (Fsp3) is 0.357. The van der Waals surface area contributed by atoms with Gasteiger partial charge in [-0.05, 0) is 25.5 Å². The van der Waals surface area contributed by atoms with E-state index in [0.717, 1.165) is 12.1 Å². The fourth-order valence-corrected chi connectivity index (χ4v) is 1.72. The van der Waals surface area contributed by atoms with E-state index in [1.54, 1.807) is 13.8 Å². The topological polar surface area (TPSA) is 65.2 Å². The Morgan fingerprint density at radius 3 is 2.86 bits per heavy atom. The molecule has 2 aromatic rings. The van der Waals surface area contributed by atoms with Crippen LogP contribution in [0, 0.1) is 11.6 Å². The molecule has 0 aliphatic rings. The lowest BCUT2D eigenvalue weighted by Gasteiger charge is -2.04. The molecule has 0 fully saturated rings. The Kier molecular flexibility index (Phi) is 4.62. The van der Waals surface area contributed by atoms with E-state index in [-0.39, 0.29) is 30.3 Å². The zero-order valence-electron chi connectivity index (χ0n) is 11.6. The summed E-state index contributed by atoms with van der Waals surface area (Å²) in [7, 11) is 0. The van der Waals surface area contributed by atoms with Crippen molar-refractivity contribution in [2.24, 2.45) is 0 Å². The average Bonchev–Trinajstić information content (AvgIpc) is 2.90. The number of esters is 1. The summed E-state index contributed by atoms with van der Waals surface area (Å²) in [5, 5.41) is 3.68. The van der Waals surface area contributed by atoms with Gasteiger partial charge in [0.05, 0.1) is 6.61 Å². The van der Waals surface area contributed by atoms with E-state index in [1.807, 2.05) is 0 Å². The molecule has 1 atom stereocenters. The van der Waals surface area contributed by atoms with Gasteiger partial charge in [-0.15, -0.1) is 0 Å². The summed E-state index contributed by atoms with van der Waals surface area (Å²) in [4.78, 5) is 15.6. The van der Waals surface area contributed by atoms with Crippen molar-refractivity contribution in [3.8, 4) is 0 Å². The van der Waals surface area contributed by atoms with Crippen LogP contribution < -0.4 is 0 Å². The van der Waals surface area contributed by atoms with Gasteiger partial charge in [0.1, 0.15) is 17.6 Å². The van der Waals surface area contributed by atoms with Crippen molar-refractivity contribution in [1.82, 2.24) is 10.1 Å². The van der Waals surface area contributed by atoms with Crippen LogP contribution in [0.5, 0.6) is 0 Å². The third kappa shape index (κ3) is 3.62. The van der Waals surface area contributed by atoms with E-state index in [9.17, 15) is 13.6 Å². The summed E-state index contributed by atoms with van der Waals surface area (Å²) in [5.41, 5.74) is 0.243. The van der Waals surface area contributed by atoms with Crippen molar-refractivity contribution < 1.29 is 22.8 Å². The van der Waals surface area contributed by atoms with Crippen LogP contribution in [0.15, 0.2) is 22.7 Å². The minimum absolute atomic E-state index is 0.0468. The second kappa shape index (κ2) is 6.43. The summed E-state index contributed by atoms with van der Waals surface area (Å²) < 4.78 is 36.2. The van der Waals surface area contributed by atoms with Gasteiger partial charge in [0.25, 0.3) is 0 Å². The van der Waals surface area contributed by atoms with Crippen LogP contribution in [0.2, 0.25) is 0 Å². The maximum absolute atomic E-state index is 13.5. The highest BCUT2D eigenvalue weighted by Crippen LogP contribution is 2.17.